The van der Waals surface area contributed by atoms with Gasteiger partial charge in [-0.1, -0.05) is 345 Å². The van der Waals surface area contributed by atoms with Crippen molar-refractivity contribution in [2.75, 3.05) is 0 Å². The molecule has 0 amide bonds. The third kappa shape index (κ3) is 10.3. The van der Waals surface area contributed by atoms with Crippen molar-refractivity contribution < 1.29 is 17.8 Å². The Bertz CT molecular complexity index is 4960. The third-order valence-corrected chi connectivity index (χ3v) is 25.0. The maximum atomic E-state index is 11.8. The van der Waals surface area contributed by atoms with Gasteiger partial charge in [0.2, 0.25) is 0 Å². The van der Waals surface area contributed by atoms with E-state index in [2.05, 4.69) is 0 Å². The summed E-state index contributed by atoms with van der Waals surface area (Å²) in [6.07, 6.45) is 0. The van der Waals surface area contributed by atoms with Crippen LogP contribution in [0.3, 0.4) is 0 Å². The highest BCUT2D eigenvalue weighted by Gasteiger charge is 2.46. The summed E-state index contributed by atoms with van der Waals surface area (Å²) in [5, 5.41) is 4.38. The monoisotopic (exact) mass is 1140 g/mol. The second-order valence-corrected chi connectivity index (χ2v) is 28.3. The van der Waals surface area contributed by atoms with Crippen LogP contribution in [0.1, 0.15) is 17.8 Å². The number of rotatable bonds is 15. The molecule has 0 saturated heterocycles. The second kappa shape index (κ2) is 23.9. The molecule has 0 radical (unpaired) electrons. The van der Waals surface area contributed by atoms with E-state index in [9.17, 15) is 9.60 Å². The lowest BCUT2D eigenvalue weighted by molar-refractivity contribution is 1.07. The third-order valence-electron chi connectivity index (χ3n) is 15.8. The highest BCUT2D eigenvalue weighted by molar-refractivity contribution is 7.22. The van der Waals surface area contributed by atoms with E-state index in [-0.39, 0.29) is 62.7 Å². The van der Waals surface area contributed by atoms with Gasteiger partial charge in [0.1, 0.15) is 0 Å². The fourth-order valence-electron chi connectivity index (χ4n) is 11.9. The SMILES string of the molecule is [2H]c1c([2H])c([2H])c(-c2cccc([Si](c3ccccc3)(c3ccccc3)c3c([2H])c(-c4nc(-c5cccc(-c6ccccc6)c5)nc(-c5cccc(-c6ccccc6)c5)n4)c([2H])c([Si](c4ccccc4)(c4ccccc4)c4cccc(-c5c([2H])c([2H])c([2H])c([2H])c5[2H])c4)c3[2H])c2)c([2H])c1[2H]. The van der Waals surface area contributed by atoms with E-state index >= 15 is 0 Å². The lowest BCUT2D eigenvalue weighted by atomic mass is 10.0. The number of hydrogen-bond acceptors (Lipinski definition) is 3. The van der Waals surface area contributed by atoms with Gasteiger partial charge in [-0.3, -0.25) is 0 Å². The van der Waals surface area contributed by atoms with Crippen molar-refractivity contribution in [1.82, 2.24) is 15.0 Å². The van der Waals surface area contributed by atoms with Gasteiger partial charge in [-0.15, -0.1) is 0 Å². The van der Waals surface area contributed by atoms with Crippen molar-refractivity contribution in [3.05, 3.63) is 358 Å². The van der Waals surface area contributed by atoms with Gasteiger partial charge in [0.15, 0.2) is 33.6 Å². The fourth-order valence-corrected chi connectivity index (χ4v) is 21.2. The van der Waals surface area contributed by atoms with Gasteiger partial charge < -0.3 is 0 Å². The molecule has 0 bridgehead atoms. The van der Waals surface area contributed by atoms with Gasteiger partial charge in [-0.25, -0.2) is 15.0 Å². The van der Waals surface area contributed by atoms with Gasteiger partial charge in [0, 0.05) is 16.7 Å². The zero-order valence-corrected chi connectivity index (χ0v) is 48.4. The lowest BCUT2D eigenvalue weighted by Crippen LogP contribution is -2.78. The molecule has 13 aromatic carbocycles. The van der Waals surface area contributed by atoms with Crippen LogP contribution >= 0.6 is 0 Å². The van der Waals surface area contributed by atoms with Crippen LogP contribution in [0.2, 0.25) is 0 Å². The summed E-state index contributed by atoms with van der Waals surface area (Å²) < 4.78 is 125. The van der Waals surface area contributed by atoms with Crippen molar-refractivity contribution in [3.8, 4) is 78.7 Å². The Labute approximate surface area is 524 Å². The predicted octanol–water partition coefficient (Wildman–Crippen LogP) is 14.3. The summed E-state index contributed by atoms with van der Waals surface area (Å²) in [7, 11) is -8.87. The Morgan fingerprint density at radius 1 is 0.198 bits per heavy atom. The van der Waals surface area contributed by atoms with Gasteiger partial charge in [-0.2, -0.15) is 0 Å². The summed E-state index contributed by atoms with van der Waals surface area (Å²) in [6, 6.07) is 83.3. The molecule has 0 fully saturated rings. The summed E-state index contributed by atoms with van der Waals surface area (Å²) >= 11 is 0. The Balaban J connectivity index is 1.20. The first-order valence-corrected chi connectivity index (χ1v) is 32.3. The fraction of sp³-hybridized carbons (Fsp3) is 0. The number of aromatic nitrogens is 3. The molecular weight excluding hydrogens is 1070 g/mol. The average molecular weight is 1140 g/mol. The summed E-state index contributed by atoms with van der Waals surface area (Å²) in [4.78, 5) is 16.2. The molecule has 14 aromatic rings. The number of nitrogens with zero attached hydrogens (tertiary/aromatic N) is 3. The quantitative estimate of drug-likeness (QED) is 0.0758. The topological polar surface area (TPSA) is 38.7 Å². The molecule has 0 saturated carbocycles. The average Bonchev–Trinajstić information content (AvgIpc) is 0.691. The van der Waals surface area contributed by atoms with Crippen LogP contribution in [0.4, 0.5) is 0 Å². The summed E-state index contributed by atoms with van der Waals surface area (Å²) in [5.41, 5.74) is 5.37. The van der Waals surface area contributed by atoms with E-state index in [0.717, 1.165) is 22.3 Å². The molecule has 14 rings (SSSR count). The van der Waals surface area contributed by atoms with Crippen LogP contribution in [0.15, 0.2) is 358 Å². The molecule has 0 N–H and O–H groups in total. The van der Waals surface area contributed by atoms with E-state index in [4.69, 9.17) is 23.2 Å². The number of hydrogen-bond donors (Lipinski definition) is 0. The standard InChI is InChI=1S/C81H59N3Si2/c1-9-29-60(30-10-1)64-37-25-41-68(53-64)79-82-80(69-42-26-38-65(54-69)61-31-11-2-12-32-61)84-81(83-79)70-57-77(85(71-43-17-5-18-44-71,72-45-19-6-20-46-72)75-51-27-39-66(55-75)62-33-13-3-14-34-62)59-78(58-70)86(73-47-21-7-22-48-73,74-49-23-8-24-50-74)76-52-28-40-67(56-76)63-35-15-4-16-36-63/h1-59H/i3D,4D,13D,14D,15D,16D,33D,34D,35D,36D,57D,58D,59D. The normalized spacial score (nSPS) is 13.6. The molecule has 0 aliphatic carbocycles. The van der Waals surface area contributed by atoms with Crippen molar-refractivity contribution in [2.24, 2.45) is 0 Å². The molecule has 0 unspecified atom stereocenters. The Morgan fingerprint density at radius 3 is 0.814 bits per heavy atom. The summed E-state index contributed by atoms with van der Waals surface area (Å²) in [5.74, 6) is 0.421. The molecule has 3 nitrogen and oxygen atoms in total. The molecule has 0 spiro atoms. The van der Waals surface area contributed by atoms with Crippen LogP contribution in [0.5, 0.6) is 0 Å². The van der Waals surface area contributed by atoms with Crippen LogP contribution in [-0.4, -0.2) is 31.1 Å². The van der Waals surface area contributed by atoms with Gasteiger partial charge >= 0.3 is 0 Å². The highest BCUT2D eigenvalue weighted by atomic mass is 28.3. The minimum absolute atomic E-state index is 0.0321. The molecule has 406 valence electrons. The minimum Gasteiger partial charge on any atom is -0.208 e. The maximum Gasteiger partial charge on any atom is 0.179 e. The van der Waals surface area contributed by atoms with Gasteiger partial charge in [0.05, 0.1) is 17.8 Å². The molecular formula is C81H59N3Si2. The molecule has 0 aliphatic heterocycles. The first kappa shape index (κ1) is 40.5. The molecule has 5 heteroatoms. The lowest BCUT2D eigenvalue weighted by Gasteiger charge is -2.38. The zero-order valence-electron chi connectivity index (χ0n) is 59.4. The van der Waals surface area contributed by atoms with E-state index in [1.165, 1.54) is 0 Å². The molecule has 0 atom stereocenters. The predicted molar refractivity (Wildman–Crippen MR) is 365 cm³/mol. The molecule has 1 aromatic heterocycles. The van der Waals surface area contributed by atoms with Crippen molar-refractivity contribution in [3.63, 3.8) is 0 Å². The Kier molecular flexibility index (Phi) is 11.2. The Morgan fingerprint density at radius 2 is 0.465 bits per heavy atom. The highest BCUT2D eigenvalue weighted by Crippen LogP contribution is 2.31. The molecule has 1 heterocycles. The summed E-state index contributed by atoms with van der Waals surface area (Å²) in [6.45, 7) is 0. The Hall–Kier alpha value is -10.7. The minimum atomic E-state index is -4.44. The van der Waals surface area contributed by atoms with E-state index in [0.29, 0.717) is 53.4 Å². The van der Waals surface area contributed by atoms with Crippen molar-refractivity contribution >= 4 is 57.6 Å². The smallest absolute Gasteiger partial charge is 0.179 e. The second-order valence-electron chi connectivity index (χ2n) is 20.8. The van der Waals surface area contributed by atoms with Gasteiger partial charge in [-0.05, 0) is 98.1 Å². The largest absolute Gasteiger partial charge is 0.208 e. The van der Waals surface area contributed by atoms with Crippen LogP contribution in [0, 0.1) is 0 Å². The van der Waals surface area contributed by atoms with E-state index in [1.807, 2.05) is 255 Å². The first-order chi connectivity index (χ1) is 48.0. The number of benzene rings is 13. The maximum absolute atomic E-state index is 11.8. The van der Waals surface area contributed by atoms with E-state index < -0.39 is 76.6 Å². The molecule has 0 aliphatic rings. The molecule has 86 heavy (non-hydrogen) atoms. The van der Waals surface area contributed by atoms with Crippen LogP contribution in [0.25, 0.3) is 78.7 Å². The van der Waals surface area contributed by atoms with Crippen LogP contribution in [-0.2, 0) is 0 Å². The van der Waals surface area contributed by atoms with E-state index in [1.54, 1.807) is 24.3 Å². The van der Waals surface area contributed by atoms with Gasteiger partial charge in [0.25, 0.3) is 0 Å². The first-order valence-electron chi connectivity index (χ1n) is 34.8. The van der Waals surface area contributed by atoms with Crippen molar-refractivity contribution in [2.45, 2.75) is 0 Å². The van der Waals surface area contributed by atoms with Crippen molar-refractivity contribution in [1.29, 1.82) is 0 Å². The zero-order chi connectivity index (χ0) is 68.9. The van der Waals surface area contributed by atoms with Crippen LogP contribution < -0.4 is 41.5 Å².